The lowest BCUT2D eigenvalue weighted by atomic mass is 9.96. The number of hydrogen-bond donors (Lipinski definition) is 2. The fourth-order valence-electron chi connectivity index (χ4n) is 3.51. The maximum absolute atomic E-state index is 13.5. The number of hydrogen-bond acceptors (Lipinski definition) is 7. The molecule has 10 heteroatoms. The van der Waals surface area contributed by atoms with Crippen LogP contribution >= 0.6 is 11.3 Å². The molecule has 0 bridgehead atoms. The number of pyridine rings is 1. The minimum Gasteiger partial charge on any atom is -0.351 e. The third-order valence-corrected chi connectivity index (χ3v) is 6.24. The van der Waals surface area contributed by atoms with E-state index in [1.807, 2.05) is 18.4 Å². The number of carbonyl (C=O) groups excluding carboxylic acids is 2. The fraction of sp³-hybridized carbons (Fsp3) is 0.381. The van der Waals surface area contributed by atoms with Gasteiger partial charge in [0.1, 0.15) is 5.82 Å². The van der Waals surface area contributed by atoms with Crippen LogP contribution in [0.3, 0.4) is 0 Å². The molecule has 0 saturated carbocycles. The molecule has 3 aromatic heterocycles. The van der Waals surface area contributed by atoms with E-state index in [4.69, 9.17) is 0 Å². The lowest BCUT2D eigenvalue weighted by Gasteiger charge is -2.38. The van der Waals surface area contributed by atoms with Gasteiger partial charge >= 0.3 is 0 Å². The fourth-order valence-corrected chi connectivity index (χ4v) is 4.32. The third kappa shape index (κ3) is 4.79. The summed E-state index contributed by atoms with van der Waals surface area (Å²) in [4.78, 5) is 38.7. The highest BCUT2D eigenvalue weighted by Gasteiger charge is 2.28. The van der Waals surface area contributed by atoms with Crippen molar-refractivity contribution in [1.82, 2.24) is 25.2 Å². The third-order valence-electron chi connectivity index (χ3n) is 5.33. The average molecular weight is 443 g/mol. The van der Waals surface area contributed by atoms with Crippen molar-refractivity contribution < 1.29 is 14.0 Å². The van der Waals surface area contributed by atoms with Crippen LogP contribution in [0.5, 0.6) is 0 Å². The molecule has 1 saturated heterocycles. The smallest absolute Gasteiger partial charge is 0.271 e. The normalized spacial score (nSPS) is 14.9. The molecule has 31 heavy (non-hydrogen) atoms. The molecule has 8 nitrogen and oxygen atoms in total. The molecule has 2 amide bonds. The zero-order chi connectivity index (χ0) is 22.0. The largest absolute Gasteiger partial charge is 0.351 e. The predicted octanol–water partition coefficient (Wildman–Crippen LogP) is 3.00. The summed E-state index contributed by atoms with van der Waals surface area (Å²) in [6.07, 6.45) is 3.53. The summed E-state index contributed by atoms with van der Waals surface area (Å²) in [6, 6.07) is 2.94. The van der Waals surface area contributed by atoms with Gasteiger partial charge in [0.15, 0.2) is 5.69 Å². The van der Waals surface area contributed by atoms with Gasteiger partial charge in [-0.25, -0.2) is 14.4 Å². The van der Waals surface area contributed by atoms with Crippen LogP contribution in [0, 0.1) is 11.7 Å². The molecular weight excluding hydrogens is 419 g/mol. The summed E-state index contributed by atoms with van der Waals surface area (Å²) in [5.41, 5.74) is 1.64. The SMILES string of the molecule is CC(=O)N1CC(CCNC(=O)c2nc(NC(C)c3cncc(F)c3)nc3ccsc23)C1. The summed E-state index contributed by atoms with van der Waals surface area (Å²) in [6.45, 7) is 5.42. The Morgan fingerprint density at radius 1 is 1.32 bits per heavy atom. The summed E-state index contributed by atoms with van der Waals surface area (Å²) >= 11 is 1.41. The molecule has 0 spiro atoms. The molecule has 0 aliphatic carbocycles. The van der Waals surface area contributed by atoms with Crippen LogP contribution in [-0.2, 0) is 4.79 Å². The van der Waals surface area contributed by atoms with Crippen LogP contribution in [0.2, 0.25) is 0 Å². The Bertz CT molecular complexity index is 1110. The number of rotatable bonds is 7. The quantitative estimate of drug-likeness (QED) is 0.584. The van der Waals surface area contributed by atoms with Crippen molar-refractivity contribution in [2.75, 3.05) is 25.0 Å². The number of anilines is 1. The molecule has 162 valence electrons. The standard InChI is InChI=1S/C21H23FN6O2S/c1-12(15-7-16(22)9-23-8-15)25-21-26-17-4-6-31-19(17)18(27-21)20(30)24-5-3-14-10-28(11-14)13(2)29/h4,6-9,12,14H,3,5,10-11H2,1-2H3,(H,24,30)(H,25,26,27). The van der Waals surface area contributed by atoms with Crippen molar-refractivity contribution in [1.29, 1.82) is 0 Å². The second-order valence-electron chi connectivity index (χ2n) is 7.67. The number of carbonyl (C=O) groups is 2. The first-order chi connectivity index (χ1) is 14.9. The van der Waals surface area contributed by atoms with Crippen molar-refractivity contribution in [3.05, 3.63) is 47.0 Å². The molecule has 1 fully saturated rings. The van der Waals surface area contributed by atoms with E-state index in [0.717, 1.165) is 30.4 Å². The van der Waals surface area contributed by atoms with E-state index in [0.29, 0.717) is 35.2 Å². The second-order valence-corrected chi connectivity index (χ2v) is 8.58. The predicted molar refractivity (Wildman–Crippen MR) is 116 cm³/mol. The Balaban J connectivity index is 1.43. The summed E-state index contributed by atoms with van der Waals surface area (Å²) in [5, 5.41) is 7.92. The second kappa shape index (κ2) is 8.93. The van der Waals surface area contributed by atoms with Gasteiger partial charge in [-0.1, -0.05) is 0 Å². The van der Waals surface area contributed by atoms with Crippen molar-refractivity contribution in [3.63, 3.8) is 0 Å². The van der Waals surface area contributed by atoms with Crippen LogP contribution in [0.1, 0.15) is 42.4 Å². The van der Waals surface area contributed by atoms with Crippen LogP contribution in [0.25, 0.3) is 10.2 Å². The van der Waals surface area contributed by atoms with Crippen LogP contribution in [-0.4, -0.2) is 51.3 Å². The molecule has 3 aromatic rings. The first-order valence-electron chi connectivity index (χ1n) is 10.1. The Labute approximate surface area is 182 Å². The Kier molecular flexibility index (Phi) is 6.08. The zero-order valence-corrected chi connectivity index (χ0v) is 18.1. The molecule has 1 atom stereocenters. The van der Waals surface area contributed by atoms with Crippen molar-refractivity contribution in [3.8, 4) is 0 Å². The number of halogens is 1. The molecule has 0 radical (unpaired) electrons. The lowest BCUT2D eigenvalue weighted by Crippen LogP contribution is -2.49. The van der Waals surface area contributed by atoms with Crippen LogP contribution < -0.4 is 10.6 Å². The highest BCUT2D eigenvalue weighted by Crippen LogP contribution is 2.25. The molecule has 2 N–H and O–H groups in total. The van der Waals surface area contributed by atoms with Gasteiger partial charge in [-0.05, 0) is 42.3 Å². The summed E-state index contributed by atoms with van der Waals surface area (Å²) in [5.74, 6) is 0.113. The molecule has 4 heterocycles. The molecule has 1 unspecified atom stereocenters. The van der Waals surface area contributed by atoms with Gasteiger partial charge in [0, 0.05) is 32.8 Å². The average Bonchev–Trinajstić information content (AvgIpc) is 3.17. The first-order valence-corrected chi connectivity index (χ1v) is 10.9. The molecule has 1 aliphatic heterocycles. The Morgan fingerprint density at radius 3 is 2.87 bits per heavy atom. The van der Waals surface area contributed by atoms with Gasteiger partial charge < -0.3 is 15.5 Å². The maximum Gasteiger partial charge on any atom is 0.271 e. The van der Waals surface area contributed by atoms with E-state index < -0.39 is 5.82 Å². The monoisotopic (exact) mass is 442 g/mol. The summed E-state index contributed by atoms with van der Waals surface area (Å²) in [7, 11) is 0. The van der Waals surface area contributed by atoms with Gasteiger partial charge in [-0.2, -0.15) is 0 Å². The van der Waals surface area contributed by atoms with Gasteiger partial charge in [0.25, 0.3) is 5.91 Å². The van der Waals surface area contributed by atoms with Gasteiger partial charge in [0.05, 0.1) is 22.5 Å². The number of amides is 2. The lowest BCUT2D eigenvalue weighted by molar-refractivity contribution is -0.135. The van der Waals surface area contributed by atoms with Gasteiger partial charge in [-0.15, -0.1) is 11.3 Å². The van der Waals surface area contributed by atoms with E-state index in [1.54, 1.807) is 18.0 Å². The number of nitrogens with one attached hydrogen (secondary N) is 2. The van der Waals surface area contributed by atoms with E-state index in [-0.39, 0.29) is 17.9 Å². The number of nitrogens with zero attached hydrogens (tertiary/aromatic N) is 4. The van der Waals surface area contributed by atoms with E-state index in [2.05, 4.69) is 25.6 Å². The van der Waals surface area contributed by atoms with Crippen LogP contribution in [0.4, 0.5) is 10.3 Å². The number of fused-ring (bicyclic) bond motifs is 1. The minimum atomic E-state index is -0.418. The molecular formula is C21H23FN6O2S. The first kappa shape index (κ1) is 21.1. The van der Waals surface area contributed by atoms with Crippen molar-refractivity contribution in [2.24, 2.45) is 5.92 Å². The summed E-state index contributed by atoms with van der Waals surface area (Å²) < 4.78 is 14.2. The highest BCUT2D eigenvalue weighted by atomic mass is 32.1. The number of likely N-dealkylation sites (tertiary alicyclic amines) is 1. The van der Waals surface area contributed by atoms with Crippen molar-refractivity contribution in [2.45, 2.75) is 26.3 Å². The van der Waals surface area contributed by atoms with E-state index in [1.165, 1.54) is 17.4 Å². The molecule has 0 aromatic carbocycles. The molecule has 1 aliphatic rings. The van der Waals surface area contributed by atoms with Gasteiger partial charge in [-0.3, -0.25) is 14.6 Å². The minimum absolute atomic E-state index is 0.0876. The van der Waals surface area contributed by atoms with Crippen molar-refractivity contribution >= 4 is 39.3 Å². The Hall–Kier alpha value is -3.14. The highest BCUT2D eigenvalue weighted by molar-refractivity contribution is 7.17. The number of thiophene rings is 1. The van der Waals surface area contributed by atoms with E-state index >= 15 is 0 Å². The molecule has 4 rings (SSSR count). The van der Waals surface area contributed by atoms with Gasteiger partial charge in [0.2, 0.25) is 11.9 Å². The zero-order valence-electron chi connectivity index (χ0n) is 17.3. The maximum atomic E-state index is 13.5. The van der Waals surface area contributed by atoms with E-state index in [9.17, 15) is 14.0 Å². The number of aromatic nitrogens is 3. The van der Waals surface area contributed by atoms with Crippen LogP contribution in [0.15, 0.2) is 29.9 Å². The Morgan fingerprint density at radius 2 is 2.13 bits per heavy atom. The topological polar surface area (TPSA) is 100 Å².